The molecule has 0 aromatic heterocycles. The van der Waals surface area contributed by atoms with E-state index >= 15 is 0 Å². The maximum absolute atomic E-state index is 12.5. The second kappa shape index (κ2) is 7.28. The summed E-state index contributed by atoms with van der Waals surface area (Å²) in [5.41, 5.74) is 6.08. The molecule has 2 aliphatic rings. The van der Waals surface area contributed by atoms with Gasteiger partial charge in [0.1, 0.15) is 0 Å². The van der Waals surface area contributed by atoms with Crippen molar-refractivity contribution in [3.05, 3.63) is 0 Å². The van der Waals surface area contributed by atoms with E-state index in [-0.39, 0.29) is 11.9 Å². The van der Waals surface area contributed by atoms with Crippen LogP contribution in [0.3, 0.4) is 0 Å². The van der Waals surface area contributed by atoms with Crippen molar-refractivity contribution in [3.8, 4) is 0 Å². The molecule has 0 heterocycles. The standard InChI is InChI=1S/C16H30N2O/c1-2-3-9-15(17)16(19)18(14-10-11-14)12-13-7-5-4-6-8-13/h13-15H,2-12,17H2,1H3/t15-/m0/s1. The van der Waals surface area contributed by atoms with E-state index in [1.807, 2.05) is 0 Å². The van der Waals surface area contributed by atoms with E-state index in [4.69, 9.17) is 5.73 Å². The van der Waals surface area contributed by atoms with Crippen molar-refractivity contribution >= 4 is 5.91 Å². The van der Waals surface area contributed by atoms with Crippen molar-refractivity contribution in [2.45, 2.75) is 83.2 Å². The zero-order valence-corrected chi connectivity index (χ0v) is 12.4. The van der Waals surface area contributed by atoms with Crippen molar-refractivity contribution in [1.29, 1.82) is 0 Å². The number of rotatable bonds is 7. The SMILES string of the molecule is CCCC[C@H](N)C(=O)N(CC1CCCCC1)C1CC1. The molecule has 2 aliphatic carbocycles. The number of nitrogens with zero attached hydrogens (tertiary/aromatic N) is 1. The second-order valence-corrected chi connectivity index (χ2v) is 6.47. The van der Waals surface area contributed by atoms with E-state index in [0.29, 0.717) is 6.04 Å². The van der Waals surface area contributed by atoms with Crippen LogP contribution in [0.2, 0.25) is 0 Å². The highest BCUT2D eigenvalue weighted by molar-refractivity contribution is 5.82. The van der Waals surface area contributed by atoms with Gasteiger partial charge >= 0.3 is 0 Å². The van der Waals surface area contributed by atoms with Crippen LogP contribution >= 0.6 is 0 Å². The first-order valence-electron chi connectivity index (χ1n) is 8.28. The predicted molar refractivity (Wildman–Crippen MR) is 78.8 cm³/mol. The van der Waals surface area contributed by atoms with Gasteiger partial charge in [0, 0.05) is 12.6 Å². The highest BCUT2D eigenvalue weighted by Crippen LogP contribution is 2.31. The first-order chi connectivity index (χ1) is 9.22. The number of carbonyl (C=O) groups is 1. The molecule has 110 valence electrons. The second-order valence-electron chi connectivity index (χ2n) is 6.47. The fraction of sp³-hybridized carbons (Fsp3) is 0.938. The Labute approximate surface area is 117 Å². The third-order valence-electron chi connectivity index (χ3n) is 4.64. The smallest absolute Gasteiger partial charge is 0.239 e. The van der Waals surface area contributed by atoms with Crippen molar-refractivity contribution in [1.82, 2.24) is 4.90 Å². The zero-order valence-electron chi connectivity index (χ0n) is 12.4. The Morgan fingerprint density at radius 1 is 1.21 bits per heavy atom. The van der Waals surface area contributed by atoms with Crippen LogP contribution in [0.5, 0.6) is 0 Å². The molecule has 2 N–H and O–H groups in total. The van der Waals surface area contributed by atoms with Crippen LogP contribution in [0.4, 0.5) is 0 Å². The molecular formula is C16H30N2O. The Balaban J connectivity index is 1.85. The highest BCUT2D eigenvalue weighted by atomic mass is 16.2. The summed E-state index contributed by atoms with van der Waals surface area (Å²) in [7, 11) is 0. The largest absolute Gasteiger partial charge is 0.338 e. The molecule has 2 fully saturated rings. The number of unbranched alkanes of at least 4 members (excludes halogenated alkanes) is 1. The maximum Gasteiger partial charge on any atom is 0.239 e. The van der Waals surface area contributed by atoms with Crippen LogP contribution in [0.15, 0.2) is 0 Å². The molecule has 3 heteroatoms. The molecule has 0 saturated heterocycles. The van der Waals surface area contributed by atoms with E-state index < -0.39 is 0 Å². The summed E-state index contributed by atoms with van der Waals surface area (Å²) < 4.78 is 0. The van der Waals surface area contributed by atoms with Crippen LogP contribution < -0.4 is 5.73 Å². The molecule has 0 aromatic carbocycles. The quantitative estimate of drug-likeness (QED) is 0.769. The third-order valence-corrected chi connectivity index (χ3v) is 4.64. The molecule has 1 amide bonds. The summed E-state index contributed by atoms with van der Waals surface area (Å²) in [5.74, 6) is 0.957. The molecule has 0 spiro atoms. The fourth-order valence-electron chi connectivity index (χ4n) is 3.21. The van der Waals surface area contributed by atoms with Gasteiger partial charge in [0.25, 0.3) is 0 Å². The molecule has 3 nitrogen and oxygen atoms in total. The van der Waals surface area contributed by atoms with Crippen LogP contribution in [-0.2, 0) is 4.79 Å². The lowest BCUT2D eigenvalue weighted by atomic mass is 9.88. The lowest BCUT2D eigenvalue weighted by molar-refractivity contribution is -0.134. The Morgan fingerprint density at radius 2 is 1.89 bits per heavy atom. The lowest BCUT2D eigenvalue weighted by Gasteiger charge is -2.31. The van der Waals surface area contributed by atoms with E-state index in [1.54, 1.807) is 0 Å². The van der Waals surface area contributed by atoms with Crippen LogP contribution in [0.1, 0.15) is 71.1 Å². The number of hydrogen-bond donors (Lipinski definition) is 1. The lowest BCUT2D eigenvalue weighted by Crippen LogP contribution is -2.47. The third kappa shape index (κ3) is 4.48. The minimum absolute atomic E-state index is 0.224. The summed E-state index contributed by atoms with van der Waals surface area (Å²) in [6.45, 7) is 3.13. The molecule has 0 bridgehead atoms. The van der Waals surface area contributed by atoms with Crippen molar-refractivity contribution in [2.75, 3.05) is 6.54 Å². The summed E-state index contributed by atoms with van der Waals surface area (Å²) in [5, 5.41) is 0. The van der Waals surface area contributed by atoms with Gasteiger partial charge in [-0.25, -0.2) is 0 Å². The fourth-order valence-corrected chi connectivity index (χ4v) is 3.21. The number of carbonyl (C=O) groups excluding carboxylic acids is 1. The van der Waals surface area contributed by atoms with Crippen molar-refractivity contribution < 1.29 is 4.79 Å². The molecule has 19 heavy (non-hydrogen) atoms. The summed E-state index contributed by atoms with van der Waals surface area (Å²) in [6.07, 6.45) is 12.1. The van der Waals surface area contributed by atoms with E-state index in [0.717, 1.165) is 31.7 Å². The Morgan fingerprint density at radius 3 is 2.47 bits per heavy atom. The molecule has 0 aromatic rings. The van der Waals surface area contributed by atoms with E-state index in [9.17, 15) is 4.79 Å². The zero-order chi connectivity index (χ0) is 13.7. The molecule has 2 rings (SSSR count). The Kier molecular flexibility index (Phi) is 5.68. The summed E-state index contributed by atoms with van der Waals surface area (Å²) in [6, 6.07) is 0.256. The predicted octanol–water partition coefficient (Wildman–Crippen LogP) is 3.08. The maximum atomic E-state index is 12.5. The van der Waals surface area contributed by atoms with Gasteiger partial charge in [-0.3, -0.25) is 4.79 Å². The van der Waals surface area contributed by atoms with Gasteiger partial charge in [0.15, 0.2) is 0 Å². The van der Waals surface area contributed by atoms with Crippen molar-refractivity contribution in [2.24, 2.45) is 11.7 Å². The first-order valence-corrected chi connectivity index (χ1v) is 8.28. The normalized spacial score (nSPS) is 22.2. The summed E-state index contributed by atoms with van der Waals surface area (Å²) in [4.78, 5) is 14.6. The van der Waals surface area contributed by atoms with Gasteiger partial charge < -0.3 is 10.6 Å². The number of hydrogen-bond acceptors (Lipinski definition) is 2. The molecule has 0 aliphatic heterocycles. The molecule has 2 saturated carbocycles. The number of nitrogens with two attached hydrogens (primary N) is 1. The van der Waals surface area contributed by atoms with Crippen LogP contribution in [0, 0.1) is 5.92 Å². The van der Waals surface area contributed by atoms with Gasteiger partial charge in [-0.1, -0.05) is 39.0 Å². The molecular weight excluding hydrogens is 236 g/mol. The summed E-state index contributed by atoms with van der Waals surface area (Å²) >= 11 is 0. The topological polar surface area (TPSA) is 46.3 Å². The monoisotopic (exact) mass is 266 g/mol. The Bertz CT molecular complexity index is 282. The molecule has 0 radical (unpaired) electrons. The van der Waals surface area contributed by atoms with Crippen LogP contribution in [0.25, 0.3) is 0 Å². The molecule has 0 unspecified atom stereocenters. The highest BCUT2D eigenvalue weighted by Gasteiger charge is 2.35. The van der Waals surface area contributed by atoms with Gasteiger partial charge in [0.2, 0.25) is 5.91 Å². The minimum atomic E-state index is -0.260. The number of amides is 1. The van der Waals surface area contributed by atoms with Gasteiger partial charge in [0.05, 0.1) is 6.04 Å². The van der Waals surface area contributed by atoms with Gasteiger partial charge in [-0.2, -0.15) is 0 Å². The average Bonchev–Trinajstić information content (AvgIpc) is 3.27. The molecule has 1 atom stereocenters. The van der Waals surface area contributed by atoms with E-state index in [1.165, 1.54) is 44.9 Å². The first kappa shape index (κ1) is 14.8. The van der Waals surface area contributed by atoms with Crippen LogP contribution in [-0.4, -0.2) is 29.4 Å². The Hall–Kier alpha value is -0.570. The van der Waals surface area contributed by atoms with E-state index in [2.05, 4.69) is 11.8 Å². The van der Waals surface area contributed by atoms with Crippen molar-refractivity contribution in [3.63, 3.8) is 0 Å². The van der Waals surface area contributed by atoms with Gasteiger partial charge in [-0.05, 0) is 38.0 Å². The average molecular weight is 266 g/mol. The van der Waals surface area contributed by atoms with Gasteiger partial charge in [-0.15, -0.1) is 0 Å². The minimum Gasteiger partial charge on any atom is -0.338 e.